The molecule has 7 heteroatoms. The van der Waals surface area contributed by atoms with Crippen molar-refractivity contribution in [3.63, 3.8) is 0 Å². The summed E-state index contributed by atoms with van der Waals surface area (Å²) in [4.78, 5) is 14.4. The van der Waals surface area contributed by atoms with E-state index >= 15 is 0 Å². The van der Waals surface area contributed by atoms with Crippen molar-refractivity contribution in [1.82, 2.24) is 4.90 Å². The zero-order valence-electron chi connectivity index (χ0n) is 11.9. The van der Waals surface area contributed by atoms with Gasteiger partial charge < -0.3 is 4.90 Å². The number of sulfonamides is 1. The second-order valence-corrected chi connectivity index (χ2v) is 7.60. The molecule has 1 saturated carbocycles. The van der Waals surface area contributed by atoms with Gasteiger partial charge in [-0.25, -0.2) is 13.6 Å². The summed E-state index contributed by atoms with van der Waals surface area (Å²) in [5, 5.41) is 5.17. The first-order chi connectivity index (χ1) is 9.84. The van der Waals surface area contributed by atoms with Gasteiger partial charge in [0.2, 0.25) is 10.0 Å². The molecule has 0 atom stereocenters. The van der Waals surface area contributed by atoms with E-state index in [9.17, 15) is 13.2 Å². The maximum atomic E-state index is 12.6. The topological polar surface area (TPSA) is 80.5 Å². The summed E-state index contributed by atoms with van der Waals surface area (Å²) >= 11 is 3.15. The van der Waals surface area contributed by atoms with Gasteiger partial charge in [-0.15, -0.1) is 0 Å². The van der Waals surface area contributed by atoms with Crippen LogP contribution in [0.4, 0.5) is 0 Å². The molecule has 1 aromatic carbocycles. The third-order valence-corrected chi connectivity index (χ3v) is 5.76. The number of amides is 1. The first-order valence-electron chi connectivity index (χ1n) is 6.98. The Balaban J connectivity index is 2.34. The van der Waals surface area contributed by atoms with Gasteiger partial charge in [0, 0.05) is 22.6 Å². The van der Waals surface area contributed by atoms with Crippen molar-refractivity contribution in [1.29, 1.82) is 0 Å². The smallest absolute Gasteiger partial charge is 0.254 e. The minimum atomic E-state index is -3.86. The van der Waals surface area contributed by atoms with Crippen molar-refractivity contribution in [2.24, 2.45) is 5.14 Å². The van der Waals surface area contributed by atoms with Crippen molar-refractivity contribution >= 4 is 31.9 Å². The Bertz CT molecular complexity index is 640. The Morgan fingerprint density at radius 2 is 2.00 bits per heavy atom. The van der Waals surface area contributed by atoms with Gasteiger partial charge in [-0.1, -0.05) is 12.8 Å². The lowest BCUT2D eigenvalue weighted by Crippen LogP contribution is -2.38. The molecule has 1 fully saturated rings. The number of rotatable bonds is 4. The summed E-state index contributed by atoms with van der Waals surface area (Å²) < 4.78 is 23.5. The van der Waals surface area contributed by atoms with Crippen LogP contribution in [0.1, 0.15) is 43.0 Å². The van der Waals surface area contributed by atoms with E-state index in [4.69, 9.17) is 5.14 Å². The molecule has 0 aliphatic heterocycles. The highest BCUT2D eigenvalue weighted by molar-refractivity contribution is 9.10. The highest BCUT2D eigenvalue weighted by Gasteiger charge is 2.27. The fraction of sp³-hybridized carbons (Fsp3) is 0.500. The van der Waals surface area contributed by atoms with E-state index in [0.717, 1.165) is 25.7 Å². The highest BCUT2D eigenvalue weighted by atomic mass is 79.9. The van der Waals surface area contributed by atoms with E-state index in [2.05, 4.69) is 15.9 Å². The monoisotopic (exact) mass is 374 g/mol. The van der Waals surface area contributed by atoms with Crippen LogP contribution in [0.2, 0.25) is 0 Å². The maximum absolute atomic E-state index is 12.6. The van der Waals surface area contributed by atoms with Gasteiger partial charge in [-0.05, 0) is 53.9 Å². The molecule has 0 heterocycles. The van der Waals surface area contributed by atoms with Crippen LogP contribution in [0.3, 0.4) is 0 Å². The van der Waals surface area contributed by atoms with Gasteiger partial charge in [0.05, 0.1) is 4.90 Å². The quantitative estimate of drug-likeness (QED) is 0.878. The van der Waals surface area contributed by atoms with Gasteiger partial charge >= 0.3 is 0 Å². The molecule has 2 N–H and O–H groups in total. The van der Waals surface area contributed by atoms with Crippen LogP contribution >= 0.6 is 15.9 Å². The van der Waals surface area contributed by atoms with Crippen LogP contribution in [-0.2, 0) is 10.0 Å². The molecule has 1 aliphatic rings. The maximum Gasteiger partial charge on any atom is 0.254 e. The van der Waals surface area contributed by atoms with Crippen molar-refractivity contribution in [2.75, 3.05) is 6.54 Å². The predicted octanol–water partition coefficient (Wildman–Crippen LogP) is 2.50. The van der Waals surface area contributed by atoms with Gasteiger partial charge in [-0.3, -0.25) is 4.79 Å². The molecule has 0 spiro atoms. The van der Waals surface area contributed by atoms with E-state index in [1.54, 1.807) is 12.1 Å². The SMILES string of the molecule is CCN(C(=O)c1ccc(Br)c(S(N)(=O)=O)c1)C1CCCC1. The zero-order chi connectivity index (χ0) is 15.6. The van der Waals surface area contributed by atoms with Crippen molar-refractivity contribution < 1.29 is 13.2 Å². The Labute approximate surface area is 133 Å². The lowest BCUT2D eigenvalue weighted by atomic mass is 10.1. The van der Waals surface area contributed by atoms with E-state index in [1.165, 1.54) is 6.07 Å². The van der Waals surface area contributed by atoms with Gasteiger partial charge in [0.1, 0.15) is 0 Å². The number of nitrogens with two attached hydrogens (primary N) is 1. The second kappa shape index (κ2) is 6.46. The Kier molecular flexibility index (Phi) is 5.06. The van der Waals surface area contributed by atoms with Crippen LogP contribution in [0.5, 0.6) is 0 Å². The summed E-state index contributed by atoms with van der Waals surface area (Å²) in [6.07, 6.45) is 4.30. The molecular formula is C14H19BrN2O3S. The first-order valence-corrected chi connectivity index (χ1v) is 9.32. The van der Waals surface area contributed by atoms with Gasteiger partial charge in [0.25, 0.3) is 5.91 Å². The Morgan fingerprint density at radius 1 is 1.38 bits per heavy atom. The molecule has 0 saturated heterocycles. The summed E-state index contributed by atoms with van der Waals surface area (Å²) in [6.45, 7) is 2.56. The van der Waals surface area contributed by atoms with Crippen LogP contribution in [0.25, 0.3) is 0 Å². The molecule has 1 amide bonds. The number of carbonyl (C=O) groups is 1. The fourth-order valence-electron chi connectivity index (χ4n) is 2.80. The predicted molar refractivity (Wildman–Crippen MR) is 84.5 cm³/mol. The van der Waals surface area contributed by atoms with Gasteiger partial charge in [0.15, 0.2) is 0 Å². The normalized spacial score (nSPS) is 16.1. The Hall–Kier alpha value is -0.920. The third-order valence-electron chi connectivity index (χ3n) is 3.85. The number of benzene rings is 1. The third kappa shape index (κ3) is 3.64. The number of hydrogen-bond donors (Lipinski definition) is 1. The van der Waals surface area contributed by atoms with Crippen LogP contribution in [0.15, 0.2) is 27.6 Å². The van der Waals surface area contributed by atoms with E-state index in [-0.39, 0.29) is 16.8 Å². The summed E-state index contributed by atoms with van der Waals surface area (Å²) in [5.41, 5.74) is 0.357. The van der Waals surface area contributed by atoms with Crippen LogP contribution < -0.4 is 5.14 Å². The highest BCUT2D eigenvalue weighted by Crippen LogP contribution is 2.27. The first kappa shape index (κ1) is 16.5. The van der Waals surface area contributed by atoms with E-state index < -0.39 is 10.0 Å². The number of nitrogens with zero attached hydrogens (tertiary/aromatic N) is 1. The minimum Gasteiger partial charge on any atom is -0.336 e. The molecule has 0 unspecified atom stereocenters. The lowest BCUT2D eigenvalue weighted by molar-refractivity contribution is 0.0693. The molecule has 21 heavy (non-hydrogen) atoms. The average molecular weight is 375 g/mol. The standard InChI is InChI=1S/C14H19BrN2O3S/c1-2-17(11-5-3-4-6-11)14(18)10-7-8-12(15)13(9-10)21(16,19)20/h7-9,11H,2-6H2,1H3,(H2,16,19,20). The van der Waals surface area contributed by atoms with E-state index in [1.807, 2.05) is 11.8 Å². The largest absolute Gasteiger partial charge is 0.336 e. The van der Waals surface area contributed by atoms with Crippen molar-refractivity contribution in [3.05, 3.63) is 28.2 Å². The number of halogens is 1. The molecule has 116 valence electrons. The second-order valence-electron chi connectivity index (χ2n) is 5.22. The summed E-state index contributed by atoms with van der Waals surface area (Å²) in [5.74, 6) is -0.137. The van der Waals surface area contributed by atoms with Crippen LogP contribution in [0, 0.1) is 0 Å². The Morgan fingerprint density at radius 3 is 2.52 bits per heavy atom. The number of hydrogen-bond acceptors (Lipinski definition) is 3. The molecule has 1 aliphatic carbocycles. The van der Waals surface area contributed by atoms with Crippen molar-refractivity contribution in [3.8, 4) is 0 Å². The molecule has 0 bridgehead atoms. The minimum absolute atomic E-state index is 0.0594. The van der Waals surface area contributed by atoms with Crippen LogP contribution in [-0.4, -0.2) is 31.8 Å². The number of primary sulfonamides is 1. The molecule has 0 aromatic heterocycles. The van der Waals surface area contributed by atoms with Gasteiger partial charge in [-0.2, -0.15) is 0 Å². The molecule has 5 nitrogen and oxygen atoms in total. The zero-order valence-corrected chi connectivity index (χ0v) is 14.3. The summed E-state index contributed by atoms with van der Waals surface area (Å²) in [7, 11) is -3.86. The molecule has 0 radical (unpaired) electrons. The number of carbonyl (C=O) groups excluding carboxylic acids is 1. The summed E-state index contributed by atoms with van der Waals surface area (Å²) in [6, 6.07) is 4.78. The van der Waals surface area contributed by atoms with Crippen molar-refractivity contribution in [2.45, 2.75) is 43.5 Å². The molecule has 1 aromatic rings. The molecule has 2 rings (SSSR count). The average Bonchev–Trinajstić information content (AvgIpc) is 2.92. The lowest BCUT2D eigenvalue weighted by Gasteiger charge is -2.28. The fourth-order valence-corrected chi connectivity index (χ4v) is 4.36. The molecular weight excluding hydrogens is 356 g/mol. The van der Waals surface area contributed by atoms with E-state index in [0.29, 0.717) is 16.6 Å².